The summed E-state index contributed by atoms with van der Waals surface area (Å²) < 4.78 is 5.84. The van der Waals surface area contributed by atoms with E-state index in [0.717, 1.165) is 31.1 Å². The molecule has 112 valence electrons. The second kappa shape index (κ2) is 8.31. The Morgan fingerprint density at radius 1 is 1.15 bits per heavy atom. The van der Waals surface area contributed by atoms with Gasteiger partial charge in [-0.1, -0.05) is 63.6 Å². The first-order chi connectivity index (χ1) is 9.81. The normalized spacial score (nSPS) is 18.5. The Bertz CT molecular complexity index is 383. The summed E-state index contributed by atoms with van der Waals surface area (Å²) in [5.74, 6) is 1.78. The van der Waals surface area contributed by atoms with Crippen LogP contribution in [-0.2, 0) is 0 Å². The highest BCUT2D eigenvalue weighted by atomic mass is 16.5. The molecule has 2 rings (SSSR count). The molecule has 2 N–H and O–H groups in total. The van der Waals surface area contributed by atoms with Gasteiger partial charge in [0.05, 0.1) is 6.61 Å². The van der Waals surface area contributed by atoms with Gasteiger partial charge in [-0.15, -0.1) is 0 Å². The first-order valence-corrected chi connectivity index (χ1v) is 8.28. The van der Waals surface area contributed by atoms with Gasteiger partial charge in [0.2, 0.25) is 0 Å². The van der Waals surface area contributed by atoms with E-state index >= 15 is 0 Å². The summed E-state index contributed by atoms with van der Waals surface area (Å²) in [4.78, 5) is 0. The van der Waals surface area contributed by atoms with Crippen molar-refractivity contribution in [3.05, 3.63) is 29.8 Å². The lowest BCUT2D eigenvalue weighted by Crippen LogP contribution is -2.16. The maximum atomic E-state index is 6.47. The van der Waals surface area contributed by atoms with Gasteiger partial charge in [0, 0.05) is 11.6 Å². The lowest BCUT2D eigenvalue weighted by Gasteiger charge is -2.21. The Labute approximate surface area is 123 Å². The molecule has 0 amide bonds. The maximum Gasteiger partial charge on any atom is 0.124 e. The first kappa shape index (κ1) is 15.4. The largest absolute Gasteiger partial charge is 0.493 e. The van der Waals surface area contributed by atoms with E-state index in [1.165, 1.54) is 44.1 Å². The zero-order valence-electron chi connectivity index (χ0n) is 12.8. The van der Waals surface area contributed by atoms with Crippen molar-refractivity contribution < 1.29 is 4.74 Å². The van der Waals surface area contributed by atoms with Gasteiger partial charge in [0.15, 0.2) is 0 Å². The van der Waals surface area contributed by atoms with Crippen molar-refractivity contribution in [2.24, 2.45) is 11.7 Å². The molecule has 2 nitrogen and oxygen atoms in total. The Kier molecular flexibility index (Phi) is 6.38. The van der Waals surface area contributed by atoms with Crippen LogP contribution in [0.25, 0.3) is 0 Å². The number of rotatable bonds is 6. The molecule has 1 aromatic carbocycles. The molecule has 20 heavy (non-hydrogen) atoms. The van der Waals surface area contributed by atoms with Crippen LogP contribution in [0.3, 0.4) is 0 Å². The van der Waals surface area contributed by atoms with E-state index < -0.39 is 0 Å². The number of para-hydroxylation sites is 1. The van der Waals surface area contributed by atoms with Gasteiger partial charge in [-0.05, 0) is 24.8 Å². The van der Waals surface area contributed by atoms with Gasteiger partial charge >= 0.3 is 0 Å². The van der Waals surface area contributed by atoms with Crippen molar-refractivity contribution >= 4 is 0 Å². The molecule has 1 unspecified atom stereocenters. The van der Waals surface area contributed by atoms with Gasteiger partial charge in [-0.25, -0.2) is 0 Å². The second-order valence-corrected chi connectivity index (χ2v) is 6.09. The van der Waals surface area contributed by atoms with Crippen molar-refractivity contribution in [1.29, 1.82) is 0 Å². The summed E-state index contributed by atoms with van der Waals surface area (Å²) >= 11 is 0. The monoisotopic (exact) mass is 275 g/mol. The van der Waals surface area contributed by atoms with Crippen molar-refractivity contribution in [2.45, 2.75) is 64.3 Å². The number of benzene rings is 1. The summed E-state index contributed by atoms with van der Waals surface area (Å²) in [5.41, 5.74) is 7.65. The highest BCUT2D eigenvalue weighted by Crippen LogP contribution is 2.33. The quantitative estimate of drug-likeness (QED) is 0.754. The van der Waals surface area contributed by atoms with Crippen molar-refractivity contribution in [2.75, 3.05) is 6.61 Å². The smallest absolute Gasteiger partial charge is 0.124 e. The molecule has 0 saturated heterocycles. The maximum absolute atomic E-state index is 6.47. The van der Waals surface area contributed by atoms with Crippen LogP contribution in [0.2, 0.25) is 0 Å². The number of hydrogen-bond donors (Lipinski definition) is 1. The Balaban J connectivity index is 1.98. The molecule has 0 radical (unpaired) electrons. The van der Waals surface area contributed by atoms with Gasteiger partial charge < -0.3 is 10.5 Å². The highest BCUT2D eigenvalue weighted by Gasteiger charge is 2.19. The molecule has 0 spiro atoms. The fourth-order valence-corrected chi connectivity index (χ4v) is 3.22. The molecule has 1 aliphatic rings. The summed E-state index contributed by atoms with van der Waals surface area (Å²) in [5, 5.41) is 0. The molecule has 1 aromatic rings. The SMILES string of the molecule is CCCOc1ccccc1C(N)CC1CCCCCC1. The molecular formula is C18H29NO. The van der Waals surface area contributed by atoms with Gasteiger partial charge in [0.25, 0.3) is 0 Å². The topological polar surface area (TPSA) is 35.2 Å². The van der Waals surface area contributed by atoms with E-state index in [9.17, 15) is 0 Å². The standard InChI is InChI=1S/C18H29NO/c1-2-13-20-18-12-8-7-11-16(18)17(19)14-15-9-5-3-4-6-10-15/h7-8,11-12,15,17H,2-6,9-10,13-14,19H2,1H3. The van der Waals surface area contributed by atoms with Crippen LogP contribution < -0.4 is 10.5 Å². The average molecular weight is 275 g/mol. The first-order valence-electron chi connectivity index (χ1n) is 8.28. The Morgan fingerprint density at radius 2 is 1.85 bits per heavy atom. The molecule has 0 heterocycles. The zero-order chi connectivity index (χ0) is 14.2. The van der Waals surface area contributed by atoms with Crippen LogP contribution in [0.15, 0.2) is 24.3 Å². The zero-order valence-corrected chi connectivity index (χ0v) is 12.8. The summed E-state index contributed by atoms with van der Waals surface area (Å²) in [7, 11) is 0. The number of hydrogen-bond acceptors (Lipinski definition) is 2. The molecule has 0 aromatic heterocycles. The average Bonchev–Trinajstić information content (AvgIpc) is 2.74. The third-order valence-corrected chi connectivity index (χ3v) is 4.34. The van der Waals surface area contributed by atoms with E-state index in [-0.39, 0.29) is 6.04 Å². The lowest BCUT2D eigenvalue weighted by molar-refractivity contribution is 0.308. The molecule has 1 aliphatic carbocycles. The van der Waals surface area contributed by atoms with Crippen molar-refractivity contribution in [1.82, 2.24) is 0 Å². The summed E-state index contributed by atoms with van der Waals surface area (Å²) in [6.07, 6.45) is 10.4. The predicted octanol–water partition coefficient (Wildman–Crippen LogP) is 4.84. The highest BCUT2D eigenvalue weighted by molar-refractivity contribution is 5.35. The number of nitrogens with two attached hydrogens (primary N) is 1. The Morgan fingerprint density at radius 3 is 2.55 bits per heavy atom. The Hall–Kier alpha value is -1.02. The van der Waals surface area contributed by atoms with E-state index in [2.05, 4.69) is 25.1 Å². The van der Waals surface area contributed by atoms with Gasteiger partial charge in [-0.2, -0.15) is 0 Å². The molecule has 2 heteroatoms. The predicted molar refractivity (Wildman–Crippen MR) is 85.0 cm³/mol. The molecular weight excluding hydrogens is 246 g/mol. The van der Waals surface area contributed by atoms with E-state index in [1.807, 2.05) is 6.07 Å². The van der Waals surface area contributed by atoms with Crippen LogP contribution in [0.4, 0.5) is 0 Å². The minimum absolute atomic E-state index is 0.117. The van der Waals surface area contributed by atoms with Gasteiger partial charge in [-0.3, -0.25) is 0 Å². The molecule has 0 aliphatic heterocycles. The minimum Gasteiger partial charge on any atom is -0.493 e. The molecule has 1 fully saturated rings. The van der Waals surface area contributed by atoms with Crippen LogP contribution in [0.5, 0.6) is 5.75 Å². The minimum atomic E-state index is 0.117. The lowest BCUT2D eigenvalue weighted by atomic mass is 9.89. The van der Waals surface area contributed by atoms with E-state index in [1.54, 1.807) is 0 Å². The van der Waals surface area contributed by atoms with E-state index in [0.29, 0.717) is 0 Å². The second-order valence-electron chi connectivity index (χ2n) is 6.09. The van der Waals surface area contributed by atoms with Crippen molar-refractivity contribution in [3.8, 4) is 5.75 Å². The third-order valence-electron chi connectivity index (χ3n) is 4.34. The van der Waals surface area contributed by atoms with Crippen molar-refractivity contribution in [3.63, 3.8) is 0 Å². The van der Waals surface area contributed by atoms with Crippen LogP contribution in [-0.4, -0.2) is 6.61 Å². The van der Waals surface area contributed by atoms with Crippen LogP contribution in [0, 0.1) is 5.92 Å². The molecule has 1 atom stereocenters. The fourth-order valence-electron chi connectivity index (χ4n) is 3.22. The molecule has 1 saturated carbocycles. The van der Waals surface area contributed by atoms with E-state index in [4.69, 9.17) is 10.5 Å². The fraction of sp³-hybridized carbons (Fsp3) is 0.667. The van der Waals surface area contributed by atoms with Gasteiger partial charge in [0.1, 0.15) is 5.75 Å². The molecule has 0 bridgehead atoms. The summed E-state index contributed by atoms with van der Waals surface area (Å²) in [6, 6.07) is 8.41. The number of ether oxygens (including phenoxy) is 1. The van der Waals surface area contributed by atoms with Crippen LogP contribution in [0.1, 0.15) is 69.9 Å². The third kappa shape index (κ3) is 4.52. The van der Waals surface area contributed by atoms with Crippen LogP contribution >= 0.6 is 0 Å². The summed E-state index contributed by atoms with van der Waals surface area (Å²) in [6.45, 7) is 2.90.